The molecule has 0 atom stereocenters. The van der Waals surface area contributed by atoms with Crippen molar-refractivity contribution in [1.29, 1.82) is 0 Å². The highest BCUT2D eigenvalue weighted by Crippen LogP contribution is 2.30. The topological polar surface area (TPSA) is 120 Å². The average Bonchev–Trinajstić information content (AvgIpc) is 2.70. The predicted octanol–water partition coefficient (Wildman–Crippen LogP) is 2.49. The van der Waals surface area contributed by atoms with Gasteiger partial charge < -0.3 is 9.47 Å². The van der Waals surface area contributed by atoms with Crippen molar-refractivity contribution >= 4 is 40.9 Å². The molecule has 3 rings (SSSR count). The number of benzene rings is 2. The van der Waals surface area contributed by atoms with E-state index in [4.69, 9.17) is 21.7 Å². The van der Waals surface area contributed by atoms with Crippen molar-refractivity contribution in [1.82, 2.24) is 10.6 Å². The minimum Gasteiger partial charge on any atom is -0.490 e. The zero-order chi connectivity index (χ0) is 21.7. The summed E-state index contributed by atoms with van der Waals surface area (Å²) in [6.07, 6.45) is 1.43. The van der Waals surface area contributed by atoms with Crippen LogP contribution in [-0.4, -0.2) is 28.5 Å². The number of nitro benzene ring substituents is 1. The van der Waals surface area contributed by atoms with E-state index in [9.17, 15) is 19.7 Å². The van der Waals surface area contributed by atoms with E-state index in [-0.39, 0.29) is 23.0 Å². The molecule has 0 saturated carbocycles. The van der Waals surface area contributed by atoms with Crippen molar-refractivity contribution in [2.75, 3.05) is 6.61 Å². The predicted molar refractivity (Wildman–Crippen MR) is 112 cm³/mol. The average molecular weight is 427 g/mol. The lowest BCUT2D eigenvalue weighted by atomic mass is 10.1. The van der Waals surface area contributed by atoms with Crippen LogP contribution in [0.4, 0.5) is 5.69 Å². The molecule has 0 spiro atoms. The van der Waals surface area contributed by atoms with Crippen molar-refractivity contribution in [2.45, 2.75) is 13.5 Å². The molecule has 1 heterocycles. The molecule has 10 heteroatoms. The molecule has 1 aliphatic heterocycles. The first-order valence-corrected chi connectivity index (χ1v) is 9.29. The number of hydrogen-bond acceptors (Lipinski definition) is 7. The van der Waals surface area contributed by atoms with Crippen LogP contribution in [0.3, 0.4) is 0 Å². The fraction of sp³-hybridized carbons (Fsp3) is 0.150. The van der Waals surface area contributed by atoms with Crippen molar-refractivity contribution < 1.29 is 24.0 Å². The Morgan fingerprint density at radius 1 is 1.03 bits per heavy atom. The molecule has 1 aliphatic rings. The summed E-state index contributed by atoms with van der Waals surface area (Å²) in [6.45, 7) is 2.37. The van der Waals surface area contributed by atoms with Crippen LogP contribution in [0.5, 0.6) is 11.5 Å². The van der Waals surface area contributed by atoms with Gasteiger partial charge in [0.25, 0.3) is 17.5 Å². The largest absolute Gasteiger partial charge is 0.490 e. The van der Waals surface area contributed by atoms with Gasteiger partial charge in [-0.25, -0.2) is 0 Å². The lowest BCUT2D eigenvalue weighted by Gasteiger charge is -2.17. The highest BCUT2D eigenvalue weighted by molar-refractivity contribution is 7.80. The van der Waals surface area contributed by atoms with Crippen LogP contribution < -0.4 is 20.1 Å². The highest BCUT2D eigenvalue weighted by Gasteiger charge is 2.25. The van der Waals surface area contributed by atoms with Crippen LogP contribution in [0.15, 0.2) is 48.0 Å². The molecule has 2 amide bonds. The number of non-ortho nitro benzene ring substituents is 1. The Kier molecular flexibility index (Phi) is 6.38. The van der Waals surface area contributed by atoms with Crippen LogP contribution in [0.1, 0.15) is 18.1 Å². The van der Waals surface area contributed by atoms with Crippen molar-refractivity contribution in [3.63, 3.8) is 0 Å². The minimum absolute atomic E-state index is 0.00249. The number of nitrogens with one attached hydrogen (secondary N) is 2. The zero-order valence-corrected chi connectivity index (χ0v) is 16.7. The maximum absolute atomic E-state index is 12.0. The van der Waals surface area contributed by atoms with Crippen LogP contribution >= 0.6 is 12.2 Å². The first kappa shape index (κ1) is 20.9. The summed E-state index contributed by atoms with van der Waals surface area (Å²) < 4.78 is 11.4. The zero-order valence-electron chi connectivity index (χ0n) is 15.8. The summed E-state index contributed by atoms with van der Waals surface area (Å²) in [5.41, 5.74) is 1.24. The fourth-order valence-electron chi connectivity index (χ4n) is 2.65. The summed E-state index contributed by atoms with van der Waals surface area (Å²) >= 11 is 4.78. The third-order valence-corrected chi connectivity index (χ3v) is 4.27. The monoisotopic (exact) mass is 427 g/mol. The molecule has 1 fully saturated rings. The van der Waals surface area contributed by atoms with E-state index in [0.717, 1.165) is 5.56 Å². The number of ether oxygens (including phenoxy) is 2. The molecule has 0 aromatic heterocycles. The first-order valence-electron chi connectivity index (χ1n) is 8.88. The van der Waals surface area contributed by atoms with E-state index >= 15 is 0 Å². The lowest BCUT2D eigenvalue weighted by molar-refractivity contribution is -0.384. The van der Waals surface area contributed by atoms with Gasteiger partial charge in [-0.15, -0.1) is 0 Å². The number of nitro groups is 1. The molecule has 0 aliphatic carbocycles. The lowest BCUT2D eigenvalue weighted by Crippen LogP contribution is -2.51. The number of nitrogens with zero attached hydrogens (tertiary/aromatic N) is 1. The molecule has 2 aromatic carbocycles. The quantitative estimate of drug-likeness (QED) is 0.229. The van der Waals surface area contributed by atoms with E-state index in [2.05, 4.69) is 10.6 Å². The second kappa shape index (κ2) is 9.14. The fourth-order valence-corrected chi connectivity index (χ4v) is 2.84. The third kappa shape index (κ3) is 4.97. The van der Waals surface area contributed by atoms with Gasteiger partial charge in [0.15, 0.2) is 16.6 Å². The van der Waals surface area contributed by atoms with E-state index in [1.54, 1.807) is 30.3 Å². The van der Waals surface area contributed by atoms with E-state index in [1.165, 1.54) is 18.2 Å². The van der Waals surface area contributed by atoms with E-state index < -0.39 is 16.7 Å². The summed E-state index contributed by atoms with van der Waals surface area (Å²) in [4.78, 5) is 34.3. The molecule has 154 valence electrons. The van der Waals surface area contributed by atoms with Gasteiger partial charge in [0.1, 0.15) is 12.2 Å². The van der Waals surface area contributed by atoms with Gasteiger partial charge >= 0.3 is 0 Å². The minimum atomic E-state index is -0.583. The number of amides is 2. The van der Waals surface area contributed by atoms with Gasteiger partial charge in [0, 0.05) is 12.1 Å². The smallest absolute Gasteiger partial charge is 0.269 e. The Morgan fingerprint density at radius 2 is 1.70 bits per heavy atom. The van der Waals surface area contributed by atoms with Gasteiger partial charge in [0.2, 0.25) is 0 Å². The summed E-state index contributed by atoms with van der Waals surface area (Å²) in [5, 5.41) is 15.5. The molecule has 9 nitrogen and oxygen atoms in total. The molecule has 2 N–H and O–H groups in total. The van der Waals surface area contributed by atoms with Gasteiger partial charge in [-0.2, -0.15) is 0 Å². The number of rotatable bonds is 7. The third-order valence-electron chi connectivity index (χ3n) is 4.06. The molecular weight excluding hydrogens is 410 g/mol. The first-order chi connectivity index (χ1) is 14.4. The summed E-state index contributed by atoms with van der Waals surface area (Å²) in [6, 6.07) is 11.0. The van der Waals surface area contributed by atoms with Gasteiger partial charge in [-0.3, -0.25) is 30.3 Å². The second-order valence-electron chi connectivity index (χ2n) is 6.15. The van der Waals surface area contributed by atoms with Crippen LogP contribution in [0, 0.1) is 10.1 Å². The number of hydrogen-bond donors (Lipinski definition) is 2. The van der Waals surface area contributed by atoms with Crippen molar-refractivity contribution in [2.24, 2.45) is 0 Å². The Bertz CT molecular complexity index is 1030. The van der Waals surface area contributed by atoms with Crippen LogP contribution in [0.2, 0.25) is 0 Å². The Labute approximate surface area is 176 Å². The summed E-state index contributed by atoms with van der Waals surface area (Å²) in [5.74, 6) is -0.280. The summed E-state index contributed by atoms with van der Waals surface area (Å²) in [7, 11) is 0. The maximum Gasteiger partial charge on any atom is 0.269 e. The Balaban J connectivity index is 1.78. The highest BCUT2D eigenvalue weighted by atomic mass is 32.1. The van der Waals surface area contributed by atoms with Crippen LogP contribution in [-0.2, 0) is 16.2 Å². The second-order valence-corrected chi connectivity index (χ2v) is 6.56. The SMILES string of the molecule is CCOc1cc(C=C2C(=O)NC(=S)NC2=O)ccc1OCc1ccc([N+](=O)[O-])cc1. The van der Waals surface area contributed by atoms with Gasteiger partial charge in [-0.05, 0) is 60.6 Å². The van der Waals surface area contributed by atoms with Gasteiger partial charge in [-0.1, -0.05) is 6.07 Å². The maximum atomic E-state index is 12.0. The Hall–Kier alpha value is -3.79. The van der Waals surface area contributed by atoms with Crippen molar-refractivity contribution in [3.05, 3.63) is 69.3 Å². The van der Waals surface area contributed by atoms with E-state index in [1.807, 2.05) is 6.92 Å². The molecule has 1 saturated heterocycles. The van der Waals surface area contributed by atoms with Gasteiger partial charge in [0.05, 0.1) is 11.5 Å². The molecule has 0 radical (unpaired) electrons. The molecular formula is C20H17N3O6S. The normalized spacial score (nSPS) is 13.4. The number of thiocarbonyl (C=S) groups is 1. The number of carbonyl (C=O) groups excluding carboxylic acids is 2. The van der Waals surface area contributed by atoms with Crippen LogP contribution in [0.25, 0.3) is 6.08 Å². The number of carbonyl (C=O) groups is 2. The molecule has 0 bridgehead atoms. The van der Waals surface area contributed by atoms with E-state index in [0.29, 0.717) is 23.7 Å². The molecule has 30 heavy (non-hydrogen) atoms. The Morgan fingerprint density at radius 3 is 2.30 bits per heavy atom. The molecule has 2 aromatic rings. The molecule has 0 unspecified atom stereocenters. The van der Waals surface area contributed by atoms with Crippen molar-refractivity contribution in [3.8, 4) is 11.5 Å². The standard InChI is InChI=1S/C20H17N3O6S/c1-2-28-17-10-13(9-15-18(24)21-20(30)22-19(15)25)5-8-16(17)29-11-12-3-6-14(7-4-12)23(26)27/h3-10H,2,11H2,1H3,(H2,21,22,24,25,30).